The maximum Gasteiger partial charge on any atom is 0.338 e. The molecule has 2 heterocycles. The Balaban J connectivity index is 1.95. The average molecular weight is 267 g/mol. The third-order valence-corrected chi connectivity index (χ3v) is 3.19. The van der Waals surface area contributed by atoms with Gasteiger partial charge < -0.3 is 19.2 Å². The first-order valence-electron chi connectivity index (χ1n) is 6.23. The molecule has 1 aromatic rings. The molecule has 104 valence electrons. The predicted molar refractivity (Wildman–Crippen MR) is 66.2 cm³/mol. The molecule has 19 heavy (non-hydrogen) atoms. The van der Waals surface area contributed by atoms with Gasteiger partial charge >= 0.3 is 5.97 Å². The Morgan fingerprint density at radius 1 is 1.53 bits per heavy atom. The van der Waals surface area contributed by atoms with Gasteiger partial charge in [-0.2, -0.15) is 0 Å². The number of hydrogen-bond donors (Lipinski definition) is 1. The summed E-state index contributed by atoms with van der Waals surface area (Å²) in [5.41, 5.74) is -0.0160. The van der Waals surface area contributed by atoms with Crippen LogP contribution in [0.25, 0.3) is 0 Å². The predicted octanol–water partition coefficient (Wildman–Crippen LogP) is 1.48. The average Bonchev–Trinajstić information content (AvgIpc) is 2.88. The van der Waals surface area contributed by atoms with Gasteiger partial charge in [0.05, 0.1) is 12.2 Å². The van der Waals surface area contributed by atoms with E-state index in [-0.39, 0.29) is 17.2 Å². The summed E-state index contributed by atoms with van der Waals surface area (Å²) >= 11 is 0. The highest BCUT2D eigenvalue weighted by atomic mass is 16.5. The molecule has 0 radical (unpaired) electrons. The van der Waals surface area contributed by atoms with E-state index in [1.165, 1.54) is 6.07 Å². The summed E-state index contributed by atoms with van der Waals surface area (Å²) in [4.78, 5) is 24.3. The molecule has 0 saturated carbocycles. The van der Waals surface area contributed by atoms with Gasteiger partial charge in [0.15, 0.2) is 5.76 Å². The normalized spacial score (nSPS) is 19.1. The van der Waals surface area contributed by atoms with E-state index < -0.39 is 5.97 Å². The monoisotopic (exact) mass is 267 g/mol. The minimum Gasteiger partial charge on any atom is -0.478 e. The summed E-state index contributed by atoms with van der Waals surface area (Å²) < 4.78 is 10.4. The number of rotatable bonds is 4. The molecular formula is C13H17NO5. The number of ether oxygens (including phenoxy) is 1. The van der Waals surface area contributed by atoms with Crippen LogP contribution in [0.5, 0.6) is 0 Å². The van der Waals surface area contributed by atoms with Crippen molar-refractivity contribution in [3.05, 3.63) is 23.7 Å². The van der Waals surface area contributed by atoms with Crippen molar-refractivity contribution in [1.82, 2.24) is 4.90 Å². The van der Waals surface area contributed by atoms with Gasteiger partial charge in [0.1, 0.15) is 6.26 Å². The van der Waals surface area contributed by atoms with Crippen molar-refractivity contribution in [2.75, 3.05) is 26.8 Å². The van der Waals surface area contributed by atoms with Crippen LogP contribution in [0, 0.1) is 5.92 Å². The lowest BCUT2D eigenvalue weighted by Gasteiger charge is -2.26. The molecular weight excluding hydrogens is 250 g/mol. The van der Waals surface area contributed by atoms with Crippen molar-refractivity contribution >= 4 is 11.9 Å². The van der Waals surface area contributed by atoms with Gasteiger partial charge in [-0.15, -0.1) is 0 Å². The van der Waals surface area contributed by atoms with Crippen LogP contribution < -0.4 is 0 Å². The quantitative estimate of drug-likeness (QED) is 0.893. The molecule has 1 amide bonds. The summed E-state index contributed by atoms with van der Waals surface area (Å²) in [6.45, 7) is 2.03. The van der Waals surface area contributed by atoms with E-state index in [4.69, 9.17) is 14.3 Å². The Morgan fingerprint density at radius 2 is 2.32 bits per heavy atom. The van der Waals surface area contributed by atoms with Crippen LogP contribution >= 0.6 is 0 Å². The van der Waals surface area contributed by atoms with E-state index in [0.717, 1.165) is 25.7 Å². The Morgan fingerprint density at radius 3 is 2.89 bits per heavy atom. The van der Waals surface area contributed by atoms with E-state index in [9.17, 15) is 9.59 Å². The molecule has 1 N–H and O–H groups in total. The van der Waals surface area contributed by atoms with Crippen LogP contribution in [-0.2, 0) is 4.74 Å². The van der Waals surface area contributed by atoms with E-state index in [1.54, 1.807) is 11.9 Å². The molecule has 0 spiro atoms. The number of carbonyl (C=O) groups excluding carboxylic acids is 1. The van der Waals surface area contributed by atoms with Gasteiger partial charge in [-0.05, 0) is 18.8 Å². The Kier molecular flexibility index (Phi) is 4.21. The van der Waals surface area contributed by atoms with Gasteiger partial charge in [-0.1, -0.05) is 0 Å². The zero-order chi connectivity index (χ0) is 13.8. The fourth-order valence-electron chi connectivity index (χ4n) is 2.17. The van der Waals surface area contributed by atoms with Gasteiger partial charge in [-0.3, -0.25) is 4.79 Å². The van der Waals surface area contributed by atoms with Crippen LogP contribution in [0.1, 0.15) is 33.8 Å². The first-order valence-corrected chi connectivity index (χ1v) is 6.23. The molecule has 1 saturated heterocycles. The lowest BCUT2D eigenvalue weighted by molar-refractivity contribution is 0.0379. The van der Waals surface area contributed by atoms with Gasteiger partial charge in [-0.25, -0.2) is 4.79 Å². The maximum absolute atomic E-state index is 12.1. The molecule has 1 aliphatic rings. The lowest BCUT2D eigenvalue weighted by atomic mass is 10.0. The Hall–Kier alpha value is -1.82. The largest absolute Gasteiger partial charge is 0.478 e. The Labute approximate surface area is 110 Å². The second-order valence-corrected chi connectivity index (χ2v) is 4.77. The molecule has 0 aromatic carbocycles. The van der Waals surface area contributed by atoms with Gasteiger partial charge in [0, 0.05) is 26.3 Å². The number of carboxylic acids is 1. The van der Waals surface area contributed by atoms with E-state index >= 15 is 0 Å². The summed E-state index contributed by atoms with van der Waals surface area (Å²) in [6.07, 6.45) is 3.12. The van der Waals surface area contributed by atoms with E-state index in [0.29, 0.717) is 19.1 Å². The van der Waals surface area contributed by atoms with Crippen LogP contribution in [0.3, 0.4) is 0 Å². The third-order valence-electron chi connectivity index (χ3n) is 3.19. The van der Waals surface area contributed by atoms with Crippen LogP contribution in [0.4, 0.5) is 0 Å². The maximum atomic E-state index is 12.1. The van der Waals surface area contributed by atoms with Crippen molar-refractivity contribution in [3.8, 4) is 0 Å². The van der Waals surface area contributed by atoms with Crippen LogP contribution in [0.2, 0.25) is 0 Å². The Bertz CT molecular complexity index is 461. The van der Waals surface area contributed by atoms with E-state index in [1.807, 2.05) is 0 Å². The minimum atomic E-state index is -1.11. The molecule has 6 nitrogen and oxygen atoms in total. The van der Waals surface area contributed by atoms with Crippen LogP contribution in [-0.4, -0.2) is 48.7 Å². The summed E-state index contributed by atoms with van der Waals surface area (Å²) in [6, 6.07) is 1.25. The van der Waals surface area contributed by atoms with Crippen molar-refractivity contribution < 1.29 is 23.8 Å². The molecule has 1 aromatic heterocycles. The third kappa shape index (κ3) is 3.35. The zero-order valence-corrected chi connectivity index (χ0v) is 10.8. The number of aromatic carboxylic acids is 1. The smallest absolute Gasteiger partial charge is 0.338 e. The summed E-state index contributed by atoms with van der Waals surface area (Å²) in [5.74, 6) is -1.03. The molecule has 1 unspecified atom stereocenters. The molecule has 1 aliphatic heterocycles. The number of nitrogens with zero attached hydrogens (tertiary/aromatic N) is 1. The van der Waals surface area contributed by atoms with E-state index in [2.05, 4.69) is 0 Å². The first-order chi connectivity index (χ1) is 9.08. The highest BCUT2D eigenvalue weighted by molar-refractivity contribution is 5.95. The number of amides is 1. The van der Waals surface area contributed by atoms with Crippen molar-refractivity contribution in [1.29, 1.82) is 0 Å². The molecule has 0 bridgehead atoms. The molecule has 0 aliphatic carbocycles. The molecule has 1 fully saturated rings. The van der Waals surface area contributed by atoms with Crippen LogP contribution in [0.15, 0.2) is 16.7 Å². The number of furan rings is 1. The van der Waals surface area contributed by atoms with Crippen molar-refractivity contribution in [2.24, 2.45) is 5.92 Å². The number of carboxylic acid groups (broad SMARTS) is 1. The number of carbonyl (C=O) groups is 2. The fraction of sp³-hybridized carbons (Fsp3) is 0.538. The standard InChI is InChI=1S/C13H17NO5/c1-14(6-9-3-2-4-18-7-9)12(15)11-5-10(8-19-11)13(16)17/h5,8-9H,2-4,6-7H2,1H3,(H,16,17). The second kappa shape index (κ2) is 5.88. The highest BCUT2D eigenvalue weighted by Crippen LogP contribution is 2.16. The van der Waals surface area contributed by atoms with Crippen molar-refractivity contribution in [3.63, 3.8) is 0 Å². The van der Waals surface area contributed by atoms with Gasteiger partial charge in [0.2, 0.25) is 0 Å². The highest BCUT2D eigenvalue weighted by Gasteiger charge is 2.22. The second-order valence-electron chi connectivity index (χ2n) is 4.77. The molecule has 2 rings (SSSR count). The fourth-order valence-corrected chi connectivity index (χ4v) is 2.17. The first kappa shape index (κ1) is 13.6. The van der Waals surface area contributed by atoms with Crippen molar-refractivity contribution in [2.45, 2.75) is 12.8 Å². The lowest BCUT2D eigenvalue weighted by Crippen LogP contribution is -2.34. The minimum absolute atomic E-state index is 0.0160. The van der Waals surface area contributed by atoms with Gasteiger partial charge in [0.25, 0.3) is 5.91 Å². The topological polar surface area (TPSA) is 80.0 Å². The molecule has 6 heteroatoms. The SMILES string of the molecule is CN(CC1CCCOC1)C(=O)c1cc(C(=O)O)co1. The number of hydrogen-bond acceptors (Lipinski definition) is 4. The summed E-state index contributed by atoms with van der Waals surface area (Å²) in [7, 11) is 1.68. The zero-order valence-electron chi connectivity index (χ0n) is 10.8. The summed E-state index contributed by atoms with van der Waals surface area (Å²) in [5, 5.41) is 8.78. The molecule has 1 atom stereocenters.